The first-order valence-corrected chi connectivity index (χ1v) is 11.3. The lowest BCUT2D eigenvalue weighted by Gasteiger charge is -2.13. The first-order valence-electron chi connectivity index (χ1n) is 9.80. The maximum absolute atomic E-state index is 13.1. The number of sulfonamides is 1. The van der Waals surface area contributed by atoms with Gasteiger partial charge in [-0.1, -0.05) is 23.4 Å². The zero-order valence-corrected chi connectivity index (χ0v) is 19.3. The Kier molecular flexibility index (Phi) is 6.69. The molecular formula is C23H25N3O5S. The number of aryl methyl sites for hydroxylation is 3. The van der Waals surface area contributed by atoms with Crippen LogP contribution in [0.3, 0.4) is 0 Å². The number of carbonyl (C=O) groups excluding carboxylic acids is 1. The van der Waals surface area contributed by atoms with Crippen LogP contribution in [-0.4, -0.2) is 26.6 Å². The number of amides is 1. The van der Waals surface area contributed by atoms with Crippen LogP contribution < -0.4 is 14.8 Å². The molecule has 0 saturated heterocycles. The van der Waals surface area contributed by atoms with E-state index in [0.29, 0.717) is 28.4 Å². The van der Waals surface area contributed by atoms with E-state index in [1.54, 1.807) is 43.3 Å². The molecule has 3 rings (SSSR count). The average molecular weight is 456 g/mol. The molecule has 8 nitrogen and oxygen atoms in total. The van der Waals surface area contributed by atoms with Crippen molar-refractivity contribution < 1.29 is 22.5 Å². The summed E-state index contributed by atoms with van der Waals surface area (Å²) in [4.78, 5) is 11.4. The molecule has 2 N–H and O–H groups in total. The van der Waals surface area contributed by atoms with Gasteiger partial charge in [-0.25, -0.2) is 8.42 Å². The minimum Gasteiger partial charge on any atom is -0.495 e. The number of carbonyl (C=O) groups is 1. The number of ether oxygens (including phenoxy) is 1. The molecule has 168 valence electrons. The number of nitrogens with zero attached hydrogens (tertiary/aromatic N) is 1. The molecule has 2 aromatic carbocycles. The predicted octanol–water partition coefficient (Wildman–Crippen LogP) is 4.54. The van der Waals surface area contributed by atoms with E-state index in [2.05, 4.69) is 15.2 Å². The van der Waals surface area contributed by atoms with E-state index in [0.717, 1.165) is 11.1 Å². The van der Waals surface area contributed by atoms with Gasteiger partial charge in [0.2, 0.25) is 5.91 Å². The lowest BCUT2D eigenvalue weighted by molar-refractivity contribution is -0.114. The summed E-state index contributed by atoms with van der Waals surface area (Å²) in [5.74, 6) is 0.320. The van der Waals surface area contributed by atoms with Gasteiger partial charge in [0, 0.05) is 12.6 Å². The molecule has 1 amide bonds. The number of anilines is 2. The molecule has 0 aliphatic carbocycles. The number of aromatic nitrogens is 1. The first kappa shape index (κ1) is 23.1. The van der Waals surface area contributed by atoms with Crippen molar-refractivity contribution in [3.05, 3.63) is 64.5 Å². The van der Waals surface area contributed by atoms with Gasteiger partial charge in [0.05, 0.1) is 7.11 Å². The van der Waals surface area contributed by atoms with Gasteiger partial charge in [-0.3, -0.25) is 9.52 Å². The maximum atomic E-state index is 13.1. The number of nitrogens with one attached hydrogen (secondary N) is 2. The zero-order chi connectivity index (χ0) is 23.5. The highest BCUT2D eigenvalue weighted by molar-refractivity contribution is 7.92. The highest BCUT2D eigenvalue weighted by Crippen LogP contribution is 2.29. The first-order chi connectivity index (χ1) is 15.1. The van der Waals surface area contributed by atoms with Gasteiger partial charge in [-0.05, 0) is 67.8 Å². The number of benzene rings is 2. The largest absolute Gasteiger partial charge is 0.495 e. The van der Waals surface area contributed by atoms with Crippen molar-refractivity contribution in [3.8, 4) is 5.75 Å². The van der Waals surface area contributed by atoms with E-state index in [4.69, 9.17) is 9.26 Å². The topological polar surface area (TPSA) is 111 Å². The van der Waals surface area contributed by atoms with Crippen molar-refractivity contribution in [2.24, 2.45) is 0 Å². The fourth-order valence-corrected chi connectivity index (χ4v) is 4.50. The summed E-state index contributed by atoms with van der Waals surface area (Å²) in [6.45, 7) is 6.90. The van der Waals surface area contributed by atoms with Gasteiger partial charge >= 0.3 is 0 Å². The summed E-state index contributed by atoms with van der Waals surface area (Å²) in [5, 5.41) is 6.54. The highest BCUT2D eigenvalue weighted by Gasteiger charge is 2.20. The summed E-state index contributed by atoms with van der Waals surface area (Å²) in [7, 11) is -2.50. The van der Waals surface area contributed by atoms with Crippen molar-refractivity contribution in [1.29, 1.82) is 0 Å². The number of methoxy groups -OCH3 is 1. The number of hydrogen-bond acceptors (Lipinski definition) is 6. The average Bonchev–Trinajstić information content (AvgIpc) is 3.04. The van der Waals surface area contributed by atoms with E-state index < -0.39 is 10.0 Å². The molecule has 0 aliphatic heterocycles. The minimum absolute atomic E-state index is 0.00264. The smallest absolute Gasteiger partial charge is 0.265 e. The van der Waals surface area contributed by atoms with Gasteiger partial charge in [-0.15, -0.1) is 0 Å². The third kappa shape index (κ3) is 5.36. The van der Waals surface area contributed by atoms with E-state index in [1.807, 2.05) is 19.9 Å². The van der Waals surface area contributed by atoms with E-state index in [-0.39, 0.29) is 16.6 Å². The van der Waals surface area contributed by atoms with Crippen molar-refractivity contribution in [2.75, 3.05) is 17.1 Å². The van der Waals surface area contributed by atoms with E-state index >= 15 is 0 Å². The Hall–Kier alpha value is -3.59. The Morgan fingerprint density at radius 1 is 1.06 bits per heavy atom. The number of hydrogen-bond donors (Lipinski definition) is 2. The Morgan fingerprint density at radius 3 is 2.38 bits per heavy atom. The molecule has 0 spiro atoms. The van der Waals surface area contributed by atoms with Crippen LogP contribution in [0, 0.1) is 20.8 Å². The van der Waals surface area contributed by atoms with E-state index in [1.165, 1.54) is 20.1 Å². The second kappa shape index (κ2) is 9.27. The van der Waals surface area contributed by atoms with Gasteiger partial charge < -0.3 is 14.6 Å². The molecule has 0 fully saturated rings. The van der Waals surface area contributed by atoms with Crippen LogP contribution in [0.4, 0.5) is 11.4 Å². The number of rotatable bonds is 7. The van der Waals surface area contributed by atoms with Gasteiger partial charge in [0.25, 0.3) is 10.0 Å². The molecule has 1 aromatic heterocycles. The summed E-state index contributed by atoms with van der Waals surface area (Å²) in [5.41, 5.74) is 3.96. The van der Waals surface area contributed by atoms with Gasteiger partial charge in [0.15, 0.2) is 5.76 Å². The fourth-order valence-electron chi connectivity index (χ4n) is 3.25. The molecule has 1 heterocycles. The predicted molar refractivity (Wildman–Crippen MR) is 124 cm³/mol. The molecule has 0 unspecified atom stereocenters. The lowest BCUT2D eigenvalue weighted by atomic mass is 10.1. The van der Waals surface area contributed by atoms with Crippen LogP contribution in [-0.2, 0) is 14.8 Å². The summed E-state index contributed by atoms with van der Waals surface area (Å²) >= 11 is 0. The van der Waals surface area contributed by atoms with Crippen LogP contribution >= 0.6 is 0 Å². The molecule has 32 heavy (non-hydrogen) atoms. The van der Waals surface area contributed by atoms with Crippen LogP contribution in [0.5, 0.6) is 5.75 Å². The van der Waals surface area contributed by atoms with Crippen LogP contribution in [0.2, 0.25) is 0 Å². The Bertz CT molecular complexity index is 1270. The summed E-state index contributed by atoms with van der Waals surface area (Å²) in [6, 6.07) is 10.3. The lowest BCUT2D eigenvalue weighted by Crippen LogP contribution is -2.14. The van der Waals surface area contributed by atoms with Crippen molar-refractivity contribution in [1.82, 2.24) is 5.16 Å². The third-order valence-electron chi connectivity index (χ3n) is 4.57. The molecular weight excluding hydrogens is 430 g/mol. The monoisotopic (exact) mass is 455 g/mol. The second-order valence-electron chi connectivity index (χ2n) is 7.41. The summed E-state index contributed by atoms with van der Waals surface area (Å²) in [6.07, 6.45) is 3.28. The van der Waals surface area contributed by atoms with Crippen LogP contribution in [0.15, 0.2) is 45.8 Å². The van der Waals surface area contributed by atoms with Crippen molar-refractivity contribution >= 4 is 39.5 Å². The molecule has 0 atom stereocenters. The fraction of sp³-hybridized carbons (Fsp3) is 0.217. The Labute approximate surface area is 187 Å². The van der Waals surface area contributed by atoms with Crippen molar-refractivity contribution in [2.45, 2.75) is 32.6 Å². The van der Waals surface area contributed by atoms with Crippen molar-refractivity contribution in [3.63, 3.8) is 0 Å². The Morgan fingerprint density at radius 2 is 1.75 bits per heavy atom. The molecule has 0 aliphatic rings. The SMILES string of the molecule is COc1ccc(/C=C\c2onc(C)c2NC(C)=O)cc1S(=O)(=O)Nc1cc(C)cc(C)c1. The second-order valence-corrected chi connectivity index (χ2v) is 9.06. The molecule has 3 aromatic rings. The molecule has 0 saturated carbocycles. The van der Waals surface area contributed by atoms with E-state index in [9.17, 15) is 13.2 Å². The zero-order valence-electron chi connectivity index (χ0n) is 18.5. The quantitative estimate of drug-likeness (QED) is 0.541. The molecule has 9 heteroatoms. The van der Waals surface area contributed by atoms with Gasteiger partial charge in [0.1, 0.15) is 22.0 Å². The molecule has 0 radical (unpaired) electrons. The highest BCUT2D eigenvalue weighted by atomic mass is 32.2. The third-order valence-corrected chi connectivity index (χ3v) is 5.97. The summed E-state index contributed by atoms with van der Waals surface area (Å²) < 4.78 is 39.4. The maximum Gasteiger partial charge on any atom is 0.265 e. The van der Waals surface area contributed by atoms with Crippen LogP contribution in [0.1, 0.15) is 35.1 Å². The van der Waals surface area contributed by atoms with Crippen LogP contribution in [0.25, 0.3) is 12.2 Å². The normalized spacial score (nSPS) is 11.5. The molecule has 0 bridgehead atoms. The standard InChI is InChI=1S/C23H25N3O5S/c1-14-10-15(2)12-19(11-14)26-32(28,29)22-13-18(6-8-20(22)30-5)7-9-21-23(24-17(4)27)16(3)25-31-21/h6-13,26H,1-5H3,(H,24,27)/b9-7-. The van der Waals surface area contributed by atoms with Gasteiger partial charge in [-0.2, -0.15) is 0 Å². The Balaban J connectivity index is 1.95. The minimum atomic E-state index is -3.92.